The molecule has 1 unspecified atom stereocenters. The van der Waals surface area contributed by atoms with Crippen LogP contribution in [-0.4, -0.2) is 43.0 Å². The lowest BCUT2D eigenvalue weighted by Crippen LogP contribution is -2.45. The van der Waals surface area contributed by atoms with Gasteiger partial charge in [0.15, 0.2) is 0 Å². The molecule has 0 aliphatic carbocycles. The zero-order valence-electron chi connectivity index (χ0n) is 16.5. The van der Waals surface area contributed by atoms with Crippen LogP contribution in [0.4, 0.5) is 0 Å². The molecule has 0 bridgehead atoms. The number of benzene rings is 1. The van der Waals surface area contributed by atoms with Crippen molar-refractivity contribution in [3.63, 3.8) is 0 Å². The van der Waals surface area contributed by atoms with Crippen molar-refractivity contribution in [1.82, 2.24) is 15.5 Å². The second kappa shape index (κ2) is 9.52. The van der Waals surface area contributed by atoms with Gasteiger partial charge in [-0.1, -0.05) is 31.2 Å². The molecular formula is C22H35N3O. The maximum absolute atomic E-state index is 12.4. The SMILES string of the molecule is Cc1ccccc1CN1CCC(NC(=O)CC(C)C2CCNCC2)CC1. The molecule has 4 nitrogen and oxygen atoms in total. The fourth-order valence-corrected chi connectivity index (χ4v) is 4.42. The predicted octanol–water partition coefficient (Wildman–Crippen LogP) is 3.10. The standard InChI is InChI=1S/C22H35N3O/c1-17-5-3-4-6-20(17)16-25-13-9-21(10-14-25)24-22(26)15-18(2)19-7-11-23-12-8-19/h3-6,18-19,21,23H,7-16H2,1-2H3,(H,24,26). The number of piperidine rings is 2. The minimum atomic E-state index is 0.258. The van der Waals surface area contributed by atoms with E-state index in [0.29, 0.717) is 24.3 Å². The van der Waals surface area contributed by atoms with Crippen molar-refractivity contribution in [3.8, 4) is 0 Å². The quantitative estimate of drug-likeness (QED) is 0.822. The first-order valence-corrected chi connectivity index (χ1v) is 10.4. The number of aryl methyl sites for hydroxylation is 1. The summed E-state index contributed by atoms with van der Waals surface area (Å²) in [7, 11) is 0. The van der Waals surface area contributed by atoms with Gasteiger partial charge in [0, 0.05) is 32.1 Å². The molecule has 1 aromatic rings. The Morgan fingerprint density at radius 1 is 1.19 bits per heavy atom. The third-order valence-corrected chi connectivity index (χ3v) is 6.30. The van der Waals surface area contributed by atoms with E-state index < -0.39 is 0 Å². The highest BCUT2D eigenvalue weighted by atomic mass is 16.1. The number of nitrogens with zero attached hydrogens (tertiary/aromatic N) is 1. The minimum absolute atomic E-state index is 0.258. The summed E-state index contributed by atoms with van der Waals surface area (Å²) in [6, 6.07) is 9.00. The van der Waals surface area contributed by atoms with Crippen molar-refractivity contribution in [2.45, 2.75) is 58.5 Å². The molecule has 1 aromatic carbocycles. The molecule has 0 spiro atoms. The van der Waals surface area contributed by atoms with Gasteiger partial charge in [0.05, 0.1) is 0 Å². The largest absolute Gasteiger partial charge is 0.353 e. The highest BCUT2D eigenvalue weighted by molar-refractivity contribution is 5.76. The van der Waals surface area contributed by atoms with Crippen LogP contribution in [0.25, 0.3) is 0 Å². The van der Waals surface area contributed by atoms with Gasteiger partial charge in [0.1, 0.15) is 0 Å². The zero-order chi connectivity index (χ0) is 18.4. The smallest absolute Gasteiger partial charge is 0.220 e. The van der Waals surface area contributed by atoms with E-state index in [1.54, 1.807) is 0 Å². The second-order valence-corrected chi connectivity index (χ2v) is 8.31. The average Bonchev–Trinajstić information content (AvgIpc) is 2.66. The van der Waals surface area contributed by atoms with Gasteiger partial charge < -0.3 is 10.6 Å². The van der Waals surface area contributed by atoms with Crippen LogP contribution in [0.15, 0.2) is 24.3 Å². The fraction of sp³-hybridized carbons (Fsp3) is 0.682. The molecule has 0 saturated carbocycles. The summed E-state index contributed by atoms with van der Waals surface area (Å²) < 4.78 is 0. The van der Waals surface area contributed by atoms with Crippen molar-refractivity contribution >= 4 is 5.91 Å². The molecule has 2 saturated heterocycles. The lowest BCUT2D eigenvalue weighted by Gasteiger charge is -2.33. The topological polar surface area (TPSA) is 44.4 Å². The Kier molecular flexibility index (Phi) is 7.09. The average molecular weight is 358 g/mol. The Morgan fingerprint density at radius 3 is 2.58 bits per heavy atom. The maximum Gasteiger partial charge on any atom is 0.220 e. The Morgan fingerprint density at radius 2 is 1.88 bits per heavy atom. The van der Waals surface area contributed by atoms with Gasteiger partial charge in [-0.15, -0.1) is 0 Å². The molecule has 2 aliphatic heterocycles. The summed E-state index contributed by atoms with van der Waals surface area (Å²) in [5.74, 6) is 1.46. The first kappa shape index (κ1) is 19.4. The van der Waals surface area contributed by atoms with Crippen molar-refractivity contribution in [3.05, 3.63) is 35.4 Å². The van der Waals surface area contributed by atoms with Crippen LogP contribution >= 0.6 is 0 Å². The number of carbonyl (C=O) groups is 1. The van der Waals surface area contributed by atoms with E-state index in [1.807, 2.05) is 0 Å². The Labute approximate surface area is 158 Å². The molecule has 0 aromatic heterocycles. The van der Waals surface area contributed by atoms with Crippen LogP contribution in [0, 0.1) is 18.8 Å². The second-order valence-electron chi connectivity index (χ2n) is 8.31. The number of carbonyl (C=O) groups excluding carboxylic acids is 1. The molecule has 144 valence electrons. The molecule has 4 heteroatoms. The van der Waals surface area contributed by atoms with E-state index in [4.69, 9.17) is 0 Å². The van der Waals surface area contributed by atoms with Gasteiger partial charge in [-0.25, -0.2) is 0 Å². The lowest BCUT2D eigenvalue weighted by molar-refractivity contribution is -0.123. The van der Waals surface area contributed by atoms with E-state index in [0.717, 1.165) is 45.6 Å². The zero-order valence-corrected chi connectivity index (χ0v) is 16.5. The van der Waals surface area contributed by atoms with Crippen molar-refractivity contribution in [1.29, 1.82) is 0 Å². The van der Waals surface area contributed by atoms with Crippen LogP contribution < -0.4 is 10.6 Å². The van der Waals surface area contributed by atoms with Gasteiger partial charge >= 0.3 is 0 Å². The number of amides is 1. The molecule has 3 rings (SSSR count). The van der Waals surface area contributed by atoms with Crippen LogP contribution in [-0.2, 0) is 11.3 Å². The third-order valence-electron chi connectivity index (χ3n) is 6.30. The van der Waals surface area contributed by atoms with Gasteiger partial charge in [-0.3, -0.25) is 9.69 Å². The van der Waals surface area contributed by atoms with Crippen molar-refractivity contribution in [2.75, 3.05) is 26.2 Å². The molecule has 2 fully saturated rings. The van der Waals surface area contributed by atoms with E-state index in [9.17, 15) is 4.79 Å². The van der Waals surface area contributed by atoms with E-state index in [-0.39, 0.29) is 5.91 Å². The molecule has 2 N–H and O–H groups in total. The van der Waals surface area contributed by atoms with E-state index in [2.05, 4.69) is 53.6 Å². The molecule has 0 radical (unpaired) electrons. The monoisotopic (exact) mass is 357 g/mol. The van der Waals surface area contributed by atoms with Gasteiger partial charge in [-0.2, -0.15) is 0 Å². The minimum Gasteiger partial charge on any atom is -0.353 e. The molecular weight excluding hydrogens is 322 g/mol. The van der Waals surface area contributed by atoms with Gasteiger partial charge in [0.25, 0.3) is 0 Å². The number of likely N-dealkylation sites (tertiary alicyclic amines) is 1. The first-order valence-electron chi connectivity index (χ1n) is 10.4. The molecule has 1 atom stereocenters. The van der Waals surface area contributed by atoms with Crippen LogP contribution in [0.1, 0.15) is 50.2 Å². The van der Waals surface area contributed by atoms with Crippen LogP contribution in [0.5, 0.6) is 0 Å². The Bertz CT molecular complexity index is 575. The number of nitrogens with one attached hydrogen (secondary N) is 2. The van der Waals surface area contributed by atoms with Crippen LogP contribution in [0.2, 0.25) is 0 Å². The summed E-state index contributed by atoms with van der Waals surface area (Å²) in [6.45, 7) is 9.82. The molecule has 2 aliphatic rings. The van der Waals surface area contributed by atoms with Gasteiger partial charge in [0.2, 0.25) is 5.91 Å². The summed E-state index contributed by atoms with van der Waals surface area (Å²) in [6.07, 6.45) is 5.25. The number of hydrogen-bond donors (Lipinski definition) is 2. The Balaban J connectivity index is 1.38. The van der Waals surface area contributed by atoms with Crippen LogP contribution in [0.3, 0.4) is 0 Å². The summed E-state index contributed by atoms with van der Waals surface area (Å²) >= 11 is 0. The molecule has 2 heterocycles. The normalized spacial score (nSPS) is 21.5. The molecule has 1 amide bonds. The summed E-state index contributed by atoms with van der Waals surface area (Å²) in [4.78, 5) is 15.0. The lowest BCUT2D eigenvalue weighted by atomic mass is 9.84. The maximum atomic E-state index is 12.4. The number of hydrogen-bond acceptors (Lipinski definition) is 3. The third kappa shape index (κ3) is 5.55. The first-order chi connectivity index (χ1) is 12.6. The van der Waals surface area contributed by atoms with Crippen molar-refractivity contribution in [2.24, 2.45) is 11.8 Å². The van der Waals surface area contributed by atoms with E-state index in [1.165, 1.54) is 24.0 Å². The highest BCUT2D eigenvalue weighted by Gasteiger charge is 2.25. The molecule has 26 heavy (non-hydrogen) atoms. The fourth-order valence-electron chi connectivity index (χ4n) is 4.42. The predicted molar refractivity (Wildman–Crippen MR) is 107 cm³/mol. The van der Waals surface area contributed by atoms with Gasteiger partial charge in [-0.05, 0) is 68.7 Å². The number of rotatable bonds is 6. The summed E-state index contributed by atoms with van der Waals surface area (Å²) in [5.41, 5.74) is 2.79. The van der Waals surface area contributed by atoms with Crippen molar-refractivity contribution < 1.29 is 4.79 Å². The highest BCUT2D eigenvalue weighted by Crippen LogP contribution is 2.24. The summed E-state index contributed by atoms with van der Waals surface area (Å²) in [5, 5.41) is 6.71. The Hall–Kier alpha value is -1.39. The van der Waals surface area contributed by atoms with E-state index >= 15 is 0 Å².